The zero-order chi connectivity index (χ0) is 18.5. The van der Waals surface area contributed by atoms with E-state index in [1.54, 1.807) is 30.3 Å². The Labute approximate surface area is 161 Å². The number of hydrogen-bond donors (Lipinski definition) is 1. The molecular formula is C19H16Cl2N2O3. The third-order valence-electron chi connectivity index (χ3n) is 4.00. The number of carbonyl (C=O) groups is 1. The fourth-order valence-electron chi connectivity index (χ4n) is 2.63. The normalized spacial score (nSPS) is 17.1. The molecule has 1 aromatic carbocycles. The van der Waals surface area contributed by atoms with Crippen molar-refractivity contribution in [2.24, 2.45) is 0 Å². The van der Waals surface area contributed by atoms with Gasteiger partial charge in [-0.25, -0.2) is 0 Å². The molecule has 0 spiro atoms. The monoisotopic (exact) mass is 390 g/mol. The molecule has 1 saturated heterocycles. The van der Waals surface area contributed by atoms with Crippen LogP contribution in [-0.4, -0.2) is 25.2 Å². The van der Waals surface area contributed by atoms with Gasteiger partial charge in [-0.15, -0.1) is 0 Å². The number of furan rings is 1. The SMILES string of the molecule is N#C/C(=C\c1ccc(-c2ccc(Cl)c(Cl)c2)o1)C(=O)NC[C@H]1CCCO1. The minimum Gasteiger partial charge on any atom is -0.457 e. The summed E-state index contributed by atoms with van der Waals surface area (Å²) in [4.78, 5) is 12.2. The summed E-state index contributed by atoms with van der Waals surface area (Å²) in [5, 5.41) is 12.9. The molecule has 5 nitrogen and oxygen atoms in total. The highest BCUT2D eigenvalue weighted by molar-refractivity contribution is 6.42. The number of hydrogen-bond acceptors (Lipinski definition) is 4. The highest BCUT2D eigenvalue weighted by atomic mass is 35.5. The number of amides is 1. The van der Waals surface area contributed by atoms with Gasteiger partial charge < -0.3 is 14.5 Å². The molecule has 0 saturated carbocycles. The molecule has 26 heavy (non-hydrogen) atoms. The van der Waals surface area contributed by atoms with E-state index in [4.69, 9.17) is 32.4 Å². The number of halogens is 2. The summed E-state index contributed by atoms with van der Waals surface area (Å²) in [7, 11) is 0. The van der Waals surface area contributed by atoms with Crippen molar-refractivity contribution in [3.05, 3.63) is 51.7 Å². The molecule has 2 heterocycles. The van der Waals surface area contributed by atoms with Gasteiger partial charge in [-0.3, -0.25) is 4.79 Å². The lowest BCUT2D eigenvalue weighted by Gasteiger charge is -2.09. The van der Waals surface area contributed by atoms with E-state index in [1.165, 1.54) is 6.08 Å². The first-order chi connectivity index (χ1) is 12.6. The highest BCUT2D eigenvalue weighted by Gasteiger charge is 2.18. The van der Waals surface area contributed by atoms with Gasteiger partial charge in [-0.05, 0) is 43.2 Å². The molecule has 1 atom stereocenters. The first kappa shape index (κ1) is 18.5. The zero-order valence-corrected chi connectivity index (χ0v) is 15.3. The summed E-state index contributed by atoms with van der Waals surface area (Å²) in [6, 6.07) is 10.5. The van der Waals surface area contributed by atoms with Crippen molar-refractivity contribution < 1.29 is 13.9 Å². The molecular weight excluding hydrogens is 375 g/mol. The van der Waals surface area contributed by atoms with Crippen LogP contribution in [0.5, 0.6) is 0 Å². The summed E-state index contributed by atoms with van der Waals surface area (Å²) in [5.74, 6) is 0.511. The molecule has 0 aliphatic carbocycles. The number of nitrogens with zero attached hydrogens (tertiary/aromatic N) is 1. The molecule has 0 radical (unpaired) electrons. The molecule has 134 valence electrons. The number of rotatable bonds is 5. The predicted octanol–water partition coefficient (Wildman–Crippen LogP) is 4.46. The molecule has 2 aromatic rings. The Bertz CT molecular complexity index is 877. The van der Waals surface area contributed by atoms with E-state index < -0.39 is 5.91 Å². The maximum Gasteiger partial charge on any atom is 0.262 e. The molecule has 1 N–H and O–H groups in total. The number of carbonyl (C=O) groups excluding carboxylic acids is 1. The second-order valence-electron chi connectivity index (χ2n) is 5.85. The first-order valence-corrected chi connectivity index (χ1v) is 8.89. The van der Waals surface area contributed by atoms with Gasteiger partial charge in [0, 0.05) is 24.8 Å². The number of ether oxygens (including phenoxy) is 1. The van der Waals surface area contributed by atoms with E-state index in [0.717, 1.165) is 18.4 Å². The van der Waals surface area contributed by atoms with Crippen molar-refractivity contribution in [3.8, 4) is 17.4 Å². The number of nitrogens with one attached hydrogen (secondary N) is 1. The van der Waals surface area contributed by atoms with Gasteiger partial charge in [0.2, 0.25) is 0 Å². The lowest BCUT2D eigenvalue weighted by molar-refractivity contribution is -0.117. The van der Waals surface area contributed by atoms with Crippen LogP contribution in [0.25, 0.3) is 17.4 Å². The maximum atomic E-state index is 12.2. The molecule has 1 fully saturated rings. The van der Waals surface area contributed by atoms with Gasteiger partial charge in [-0.2, -0.15) is 5.26 Å². The lowest BCUT2D eigenvalue weighted by atomic mass is 10.2. The van der Waals surface area contributed by atoms with E-state index in [9.17, 15) is 10.1 Å². The Morgan fingerprint density at radius 2 is 2.15 bits per heavy atom. The lowest BCUT2D eigenvalue weighted by Crippen LogP contribution is -2.32. The van der Waals surface area contributed by atoms with Crippen molar-refractivity contribution in [2.75, 3.05) is 13.2 Å². The molecule has 1 aliphatic heterocycles. The van der Waals surface area contributed by atoms with Gasteiger partial charge in [0.1, 0.15) is 23.2 Å². The van der Waals surface area contributed by atoms with Crippen LogP contribution in [-0.2, 0) is 9.53 Å². The van der Waals surface area contributed by atoms with E-state index in [1.807, 2.05) is 6.07 Å². The Morgan fingerprint density at radius 1 is 1.31 bits per heavy atom. The zero-order valence-electron chi connectivity index (χ0n) is 13.8. The first-order valence-electron chi connectivity index (χ1n) is 8.13. The molecule has 7 heteroatoms. The van der Waals surface area contributed by atoms with Crippen molar-refractivity contribution in [1.82, 2.24) is 5.32 Å². The van der Waals surface area contributed by atoms with Crippen LogP contribution in [0.15, 0.2) is 40.3 Å². The second-order valence-corrected chi connectivity index (χ2v) is 6.66. The summed E-state index contributed by atoms with van der Waals surface area (Å²) in [6.07, 6.45) is 3.33. The minimum absolute atomic E-state index is 0.0174. The summed E-state index contributed by atoms with van der Waals surface area (Å²) < 4.78 is 11.1. The number of nitriles is 1. The fourth-order valence-corrected chi connectivity index (χ4v) is 2.93. The van der Waals surface area contributed by atoms with Crippen molar-refractivity contribution in [3.63, 3.8) is 0 Å². The van der Waals surface area contributed by atoms with E-state index in [2.05, 4.69) is 5.32 Å². The van der Waals surface area contributed by atoms with Gasteiger partial charge in [-0.1, -0.05) is 23.2 Å². The fraction of sp³-hybridized carbons (Fsp3) is 0.263. The van der Waals surface area contributed by atoms with Gasteiger partial charge in [0.05, 0.1) is 16.1 Å². The average Bonchev–Trinajstić information content (AvgIpc) is 3.31. The molecule has 1 amide bonds. The summed E-state index contributed by atoms with van der Waals surface area (Å²) >= 11 is 11.9. The van der Waals surface area contributed by atoms with Gasteiger partial charge >= 0.3 is 0 Å². The van der Waals surface area contributed by atoms with Crippen LogP contribution in [0.4, 0.5) is 0 Å². The van der Waals surface area contributed by atoms with Crippen LogP contribution in [0.3, 0.4) is 0 Å². The molecule has 3 rings (SSSR count). The second kappa shape index (κ2) is 8.41. The molecule has 1 aromatic heterocycles. The smallest absolute Gasteiger partial charge is 0.262 e. The van der Waals surface area contributed by atoms with E-state index in [0.29, 0.717) is 34.7 Å². The van der Waals surface area contributed by atoms with Crippen LogP contribution >= 0.6 is 23.2 Å². The van der Waals surface area contributed by atoms with Gasteiger partial charge in [0.25, 0.3) is 5.91 Å². The number of benzene rings is 1. The standard InChI is InChI=1S/C19H16Cl2N2O3/c20-16-5-3-12(9-17(16)21)18-6-4-14(26-18)8-13(10-22)19(24)23-11-15-2-1-7-25-15/h3-6,8-9,15H,1-2,7,11H2,(H,23,24)/b13-8+/t15-/m1/s1. The summed E-state index contributed by atoms with van der Waals surface area (Å²) in [5.41, 5.74) is 0.721. The van der Waals surface area contributed by atoms with E-state index in [-0.39, 0.29) is 11.7 Å². The Morgan fingerprint density at radius 3 is 2.85 bits per heavy atom. The Balaban J connectivity index is 1.71. The Hall–Kier alpha value is -2.26. The topological polar surface area (TPSA) is 75.3 Å². The van der Waals surface area contributed by atoms with Crippen LogP contribution < -0.4 is 5.32 Å². The molecule has 0 bridgehead atoms. The van der Waals surface area contributed by atoms with E-state index >= 15 is 0 Å². The maximum absolute atomic E-state index is 12.2. The average molecular weight is 391 g/mol. The molecule has 0 unspecified atom stereocenters. The van der Waals surface area contributed by atoms with Crippen LogP contribution in [0.1, 0.15) is 18.6 Å². The largest absolute Gasteiger partial charge is 0.457 e. The predicted molar refractivity (Wildman–Crippen MR) is 99.7 cm³/mol. The minimum atomic E-state index is -0.449. The van der Waals surface area contributed by atoms with Crippen molar-refractivity contribution in [2.45, 2.75) is 18.9 Å². The third-order valence-corrected chi connectivity index (χ3v) is 4.74. The summed E-state index contributed by atoms with van der Waals surface area (Å²) in [6.45, 7) is 1.11. The highest BCUT2D eigenvalue weighted by Crippen LogP contribution is 2.30. The van der Waals surface area contributed by atoms with Crippen molar-refractivity contribution in [1.29, 1.82) is 5.26 Å². The third kappa shape index (κ3) is 4.47. The van der Waals surface area contributed by atoms with Crippen LogP contribution in [0, 0.1) is 11.3 Å². The molecule has 1 aliphatic rings. The Kier molecular flexibility index (Phi) is 6.00. The van der Waals surface area contributed by atoms with Gasteiger partial charge in [0.15, 0.2) is 0 Å². The quantitative estimate of drug-likeness (QED) is 0.603. The van der Waals surface area contributed by atoms with Crippen molar-refractivity contribution >= 4 is 35.2 Å². The van der Waals surface area contributed by atoms with Crippen LogP contribution in [0.2, 0.25) is 10.0 Å².